The second-order valence-electron chi connectivity index (χ2n) is 12.2. The van der Waals surface area contributed by atoms with Crippen LogP contribution in [-0.2, 0) is 10.8 Å². The number of rotatable bonds is 3. The first kappa shape index (κ1) is 24.9. The van der Waals surface area contributed by atoms with Gasteiger partial charge in [0.05, 0.1) is 0 Å². The first-order chi connectivity index (χ1) is 18.5. The van der Waals surface area contributed by atoms with E-state index in [1.54, 1.807) is 6.07 Å². The fraction of sp³-hybridized carbons (Fsp3) is 0.235. The summed E-state index contributed by atoms with van der Waals surface area (Å²) in [5, 5.41) is 10.9. The van der Waals surface area contributed by atoms with Crippen LogP contribution in [0.2, 0.25) is 0 Å². The van der Waals surface area contributed by atoms with Crippen molar-refractivity contribution in [1.82, 2.24) is 9.97 Å². The average Bonchev–Trinajstić information content (AvgIpc) is 3.51. The Morgan fingerprint density at radius 2 is 1.00 bits per heavy atom. The average molecular weight is 517 g/mol. The number of hydrogen-bond acceptors (Lipinski definition) is 5. The van der Waals surface area contributed by atoms with Gasteiger partial charge in [-0.05, 0) is 82.1 Å². The van der Waals surface area contributed by atoms with E-state index >= 15 is 0 Å². The van der Waals surface area contributed by atoms with Crippen LogP contribution in [0.25, 0.3) is 56.2 Å². The Morgan fingerprint density at radius 3 is 1.49 bits per heavy atom. The van der Waals surface area contributed by atoms with Gasteiger partial charge in [-0.2, -0.15) is 0 Å². The summed E-state index contributed by atoms with van der Waals surface area (Å²) in [6.07, 6.45) is 0. The van der Waals surface area contributed by atoms with Crippen LogP contribution in [0.3, 0.4) is 0 Å². The van der Waals surface area contributed by atoms with Crippen molar-refractivity contribution in [3.63, 3.8) is 0 Å². The molecule has 6 aromatic rings. The molecular formula is C34H32N2O3. The van der Waals surface area contributed by atoms with E-state index in [1.165, 1.54) is 11.1 Å². The third kappa shape index (κ3) is 4.69. The van der Waals surface area contributed by atoms with Gasteiger partial charge in [0.15, 0.2) is 11.2 Å². The lowest BCUT2D eigenvalue weighted by Gasteiger charge is -2.18. The van der Waals surface area contributed by atoms with Crippen LogP contribution in [0, 0.1) is 0 Å². The van der Waals surface area contributed by atoms with Gasteiger partial charge in [-0.3, -0.25) is 0 Å². The van der Waals surface area contributed by atoms with Crippen molar-refractivity contribution in [2.24, 2.45) is 0 Å². The van der Waals surface area contributed by atoms with E-state index in [1.807, 2.05) is 48.5 Å². The van der Waals surface area contributed by atoms with Gasteiger partial charge in [-0.25, -0.2) is 9.97 Å². The highest BCUT2D eigenvalue weighted by Gasteiger charge is 2.18. The monoisotopic (exact) mass is 516 g/mol. The molecule has 0 spiro atoms. The number of hydrogen-bond donors (Lipinski definition) is 1. The molecule has 2 heterocycles. The van der Waals surface area contributed by atoms with Crippen LogP contribution in [0.4, 0.5) is 0 Å². The Balaban J connectivity index is 1.27. The highest BCUT2D eigenvalue weighted by Crippen LogP contribution is 2.36. The number of phenolic OH excluding ortho intramolecular Hbond substituents is 1. The maximum absolute atomic E-state index is 10.9. The number of fused-ring (bicyclic) bond motifs is 2. The smallest absolute Gasteiger partial charge is 0.227 e. The van der Waals surface area contributed by atoms with Crippen molar-refractivity contribution >= 4 is 22.2 Å². The van der Waals surface area contributed by atoms with Crippen LogP contribution < -0.4 is 0 Å². The number of oxazole rings is 2. The number of aromatic nitrogens is 2. The SMILES string of the molecule is CC(C)(C)c1ccc2oc(-c3ccc(-c4ccc(-c5nc6cc(C(C)(C)C)ccc6o5)cc4O)cc3)nc2c1. The summed E-state index contributed by atoms with van der Waals surface area (Å²) in [5.74, 6) is 1.22. The van der Waals surface area contributed by atoms with Crippen molar-refractivity contribution in [3.05, 3.63) is 90.0 Å². The predicted molar refractivity (Wildman–Crippen MR) is 157 cm³/mol. The molecule has 39 heavy (non-hydrogen) atoms. The van der Waals surface area contributed by atoms with Gasteiger partial charge in [0.25, 0.3) is 0 Å². The molecule has 0 radical (unpaired) electrons. The number of nitrogens with zero attached hydrogens (tertiary/aromatic N) is 2. The fourth-order valence-electron chi connectivity index (χ4n) is 4.74. The molecule has 0 aliphatic heterocycles. The Labute approximate surface area is 228 Å². The van der Waals surface area contributed by atoms with Crippen molar-refractivity contribution in [2.75, 3.05) is 0 Å². The second kappa shape index (κ2) is 8.84. The molecule has 0 aliphatic rings. The lowest BCUT2D eigenvalue weighted by molar-refractivity contribution is 0.477. The van der Waals surface area contributed by atoms with E-state index in [4.69, 9.17) is 13.8 Å². The molecule has 0 fully saturated rings. The molecule has 0 unspecified atom stereocenters. The first-order valence-electron chi connectivity index (χ1n) is 13.2. The van der Waals surface area contributed by atoms with E-state index < -0.39 is 0 Å². The van der Waals surface area contributed by atoms with Gasteiger partial charge in [-0.1, -0.05) is 65.8 Å². The molecule has 0 aliphatic carbocycles. The summed E-state index contributed by atoms with van der Waals surface area (Å²) in [5.41, 5.74) is 8.86. The molecule has 5 nitrogen and oxygen atoms in total. The predicted octanol–water partition coefficient (Wildman–Crippen LogP) is 9.27. The number of benzene rings is 4. The molecule has 6 rings (SSSR count). The van der Waals surface area contributed by atoms with Crippen molar-refractivity contribution in [2.45, 2.75) is 52.4 Å². The molecule has 0 saturated carbocycles. The van der Waals surface area contributed by atoms with E-state index in [2.05, 4.69) is 70.8 Å². The zero-order chi connectivity index (χ0) is 27.5. The van der Waals surface area contributed by atoms with Crippen molar-refractivity contribution < 1.29 is 13.9 Å². The molecule has 1 N–H and O–H groups in total. The van der Waals surface area contributed by atoms with E-state index in [0.29, 0.717) is 11.8 Å². The normalized spacial score (nSPS) is 12.5. The second-order valence-corrected chi connectivity index (χ2v) is 12.2. The molecular weight excluding hydrogens is 484 g/mol. The van der Waals surface area contributed by atoms with Crippen molar-refractivity contribution in [1.29, 1.82) is 0 Å². The molecule has 0 atom stereocenters. The minimum absolute atomic E-state index is 0.0268. The Hall–Kier alpha value is -4.38. The molecule has 5 heteroatoms. The van der Waals surface area contributed by atoms with Gasteiger partial charge < -0.3 is 13.9 Å². The molecule has 0 saturated heterocycles. The first-order valence-corrected chi connectivity index (χ1v) is 13.2. The topological polar surface area (TPSA) is 72.3 Å². The van der Waals surface area contributed by atoms with Crippen LogP contribution in [-0.4, -0.2) is 15.1 Å². The van der Waals surface area contributed by atoms with Gasteiger partial charge >= 0.3 is 0 Å². The molecule has 4 aromatic carbocycles. The van der Waals surface area contributed by atoms with Gasteiger partial charge in [-0.15, -0.1) is 0 Å². The largest absolute Gasteiger partial charge is 0.507 e. The molecule has 2 aromatic heterocycles. The summed E-state index contributed by atoms with van der Waals surface area (Å²) < 4.78 is 12.0. The number of aromatic hydroxyl groups is 1. The molecule has 0 bridgehead atoms. The van der Waals surface area contributed by atoms with Gasteiger partial charge in [0.1, 0.15) is 16.8 Å². The Bertz CT molecular complexity index is 1830. The maximum atomic E-state index is 10.9. The van der Waals surface area contributed by atoms with Crippen LogP contribution in [0.5, 0.6) is 5.75 Å². The standard InChI is InChI=1S/C34H32N2O3/c1-33(2,3)23-12-15-29-26(18-23)35-31(38-29)21-9-7-20(8-10-21)25-14-11-22(17-28(25)37)32-36-27-19-24(34(4,5)6)13-16-30(27)39-32/h7-19,37H,1-6H3. The third-order valence-electron chi connectivity index (χ3n) is 7.19. The molecule has 196 valence electrons. The lowest BCUT2D eigenvalue weighted by Crippen LogP contribution is -2.10. The quantitative estimate of drug-likeness (QED) is 0.254. The summed E-state index contributed by atoms with van der Waals surface area (Å²) in [7, 11) is 0. The van der Waals surface area contributed by atoms with Crippen molar-refractivity contribution in [3.8, 4) is 39.8 Å². The van der Waals surface area contributed by atoms with E-state index in [9.17, 15) is 5.11 Å². The number of phenols is 1. The van der Waals surface area contributed by atoms with E-state index in [0.717, 1.165) is 44.5 Å². The maximum Gasteiger partial charge on any atom is 0.227 e. The zero-order valence-electron chi connectivity index (χ0n) is 23.2. The minimum Gasteiger partial charge on any atom is -0.507 e. The lowest BCUT2D eigenvalue weighted by atomic mass is 9.87. The van der Waals surface area contributed by atoms with E-state index in [-0.39, 0.29) is 16.6 Å². The van der Waals surface area contributed by atoms with Gasteiger partial charge in [0, 0.05) is 16.7 Å². The van der Waals surface area contributed by atoms with Crippen LogP contribution >= 0.6 is 0 Å². The summed E-state index contributed by atoms with van der Waals surface area (Å²) in [6, 6.07) is 25.7. The highest BCUT2D eigenvalue weighted by molar-refractivity contribution is 5.81. The minimum atomic E-state index is 0.0268. The van der Waals surface area contributed by atoms with Crippen LogP contribution in [0.15, 0.2) is 87.7 Å². The van der Waals surface area contributed by atoms with Gasteiger partial charge in [0.2, 0.25) is 11.8 Å². The highest BCUT2D eigenvalue weighted by atomic mass is 16.4. The third-order valence-corrected chi connectivity index (χ3v) is 7.19. The Morgan fingerprint density at radius 1 is 0.538 bits per heavy atom. The Kier molecular flexibility index (Phi) is 5.65. The zero-order valence-corrected chi connectivity index (χ0v) is 23.2. The summed E-state index contributed by atoms with van der Waals surface area (Å²) in [6.45, 7) is 13.1. The summed E-state index contributed by atoms with van der Waals surface area (Å²) in [4.78, 5) is 9.41. The molecule has 0 amide bonds. The van der Waals surface area contributed by atoms with Crippen LogP contribution in [0.1, 0.15) is 52.7 Å². The summed E-state index contributed by atoms with van der Waals surface area (Å²) >= 11 is 0. The fourth-order valence-corrected chi connectivity index (χ4v) is 4.74.